The maximum Gasteiger partial charge on any atom is 0.110 e. The molecule has 0 aromatic carbocycles. The molecule has 1 N–H and O–H groups in total. The summed E-state index contributed by atoms with van der Waals surface area (Å²) in [7, 11) is 0. The third kappa shape index (κ3) is 3.17. The van der Waals surface area contributed by atoms with Crippen LogP contribution in [0.4, 0.5) is 0 Å². The molecule has 1 aromatic heterocycles. The van der Waals surface area contributed by atoms with E-state index in [1.54, 1.807) is 0 Å². The van der Waals surface area contributed by atoms with Gasteiger partial charge in [0, 0.05) is 35.7 Å². The number of hydrogen-bond donors (Lipinski definition) is 1. The Labute approximate surface area is 133 Å². The van der Waals surface area contributed by atoms with Gasteiger partial charge in [0.15, 0.2) is 0 Å². The zero-order valence-corrected chi connectivity index (χ0v) is 14.5. The lowest BCUT2D eigenvalue weighted by Gasteiger charge is -2.51. The smallest absolute Gasteiger partial charge is 0.110 e. The quantitative estimate of drug-likeness (QED) is 0.918. The molecule has 4 heteroatoms. The van der Waals surface area contributed by atoms with Crippen LogP contribution in [0.5, 0.6) is 0 Å². The molecule has 0 amide bonds. The zero-order chi connectivity index (χ0) is 14.9. The minimum Gasteiger partial charge on any atom is -0.308 e. The van der Waals surface area contributed by atoms with E-state index in [4.69, 9.17) is 0 Å². The van der Waals surface area contributed by atoms with E-state index in [1.165, 1.54) is 55.0 Å². The molecule has 118 valence electrons. The zero-order valence-electron chi connectivity index (χ0n) is 13.7. The van der Waals surface area contributed by atoms with E-state index in [0.29, 0.717) is 17.6 Å². The molecule has 2 aliphatic rings. The molecule has 1 spiro atoms. The highest BCUT2D eigenvalue weighted by atomic mass is 32.1. The van der Waals surface area contributed by atoms with Crippen molar-refractivity contribution < 1.29 is 0 Å². The van der Waals surface area contributed by atoms with Crippen LogP contribution >= 0.6 is 11.3 Å². The van der Waals surface area contributed by atoms with Crippen molar-refractivity contribution in [3.05, 3.63) is 16.1 Å². The maximum absolute atomic E-state index is 4.65. The molecule has 0 radical (unpaired) electrons. The van der Waals surface area contributed by atoms with Gasteiger partial charge in [0.2, 0.25) is 0 Å². The van der Waals surface area contributed by atoms with Crippen LogP contribution < -0.4 is 5.32 Å². The first-order valence-electron chi connectivity index (χ1n) is 8.57. The van der Waals surface area contributed by atoms with E-state index in [1.807, 2.05) is 17.5 Å². The molecule has 1 saturated carbocycles. The molecule has 21 heavy (non-hydrogen) atoms. The summed E-state index contributed by atoms with van der Waals surface area (Å²) in [4.78, 5) is 8.71. The van der Waals surface area contributed by atoms with Gasteiger partial charge in [0.05, 0.1) is 6.04 Å². The third-order valence-corrected chi connectivity index (χ3v) is 6.53. The average Bonchev–Trinajstić information content (AvgIpc) is 2.94. The lowest BCUT2D eigenvalue weighted by Crippen LogP contribution is -2.64. The average molecular weight is 308 g/mol. The fourth-order valence-electron chi connectivity index (χ4n) is 4.09. The summed E-state index contributed by atoms with van der Waals surface area (Å²) in [5.74, 6) is 0. The van der Waals surface area contributed by atoms with E-state index in [9.17, 15) is 0 Å². The van der Waals surface area contributed by atoms with Crippen LogP contribution in [0, 0.1) is 6.92 Å². The normalized spacial score (nSPS) is 27.9. The van der Waals surface area contributed by atoms with Gasteiger partial charge in [-0.25, -0.2) is 4.98 Å². The number of aryl methyl sites for hydroxylation is 1. The van der Waals surface area contributed by atoms with Gasteiger partial charge in [-0.15, -0.1) is 11.3 Å². The molecule has 1 aromatic rings. The number of thiazole rings is 1. The molecule has 3 rings (SSSR count). The second kappa shape index (κ2) is 6.35. The second-order valence-corrected chi connectivity index (χ2v) is 8.21. The highest BCUT2D eigenvalue weighted by Crippen LogP contribution is 2.36. The first-order valence-corrected chi connectivity index (χ1v) is 9.38. The van der Waals surface area contributed by atoms with E-state index in [-0.39, 0.29) is 0 Å². The molecular weight excluding hydrogens is 278 g/mol. The second-order valence-electron chi connectivity index (χ2n) is 6.94. The highest BCUT2D eigenvalue weighted by molar-refractivity contribution is 7.11. The molecule has 2 unspecified atom stereocenters. The van der Waals surface area contributed by atoms with E-state index in [0.717, 1.165) is 6.54 Å². The summed E-state index contributed by atoms with van der Waals surface area (Å²) in [5.41, 5.74) is 0.379. The van der Waals surface area contributed by atoms with Crippen molar-refractivity contribution in [3.63, 3.8) is 0 Å². The summed E-state index contributed by atoms with van der Waals surface area (Å²) >= 11 is 1.86. The van der Waals surface area contributed by atoms with Gasteiger partial charge in [-0.3, -0.25) is 4.90 Å². The molecule has 2 atom stereocenters. The van der Waals surface area contributed by atoms with Crippen molar-refractivity contribution in [2.75, 3.05) is 13.1 Å². The van der Waals surface area contributed by atoms with Gasteiger partial charge in [-0.1, -0.05) is 26.2 Å². The molecular formula is C17H29N3S. The van der Waals surface area contributed by atoms with Gasteiger partial charge in [-0.05, 0) is 33.1 Å². The lowest BCUT2D eigenvalue weighted by atomic mass is 9.79. The lowest BCUT2D eigenvalue weighted by molar-refractivity contribution is 0.0269. The van der Waals surface area contributed by atoms with Crippen LogP contribution in [0.2, 0.25) is 0 Å². The summed E-state index contributed by atoms with van der Waals surface area (Å²) in [5, 5.41) is 5.21. The molecule has 0 bridgehead atoms. The molecule has 1 aliphatic heterocycles. The van der Waals surface area contributed by atoms with E-state index >= 15 is 0 Å². The number of hydrogen-bond acceptors (Lipinski definition) is 4. The molecule has 3 nitrogen and oxygen atoms in total. The topological polar surface area (TPSA) is 28.2 Å². The van der Waals surface area contributed by atoms with E-state index < -0.39 is 0 Å². The number of nitrogens with one attached hydrogen (secondary N) is 1. The van der Waals surface area contributed by atoms with Crippen molar-refractivity contribution in [1.82, 2.24) is 15.2 Å². The number of nitrogens with zero attached hydrogens (tertiary/aromatic N) is 2. The minimum absolute atomic E-state index is 0.379. The summed E-state index contributed by atoms with van der Waals surface area (Å²) in [6.45, 7) is 9.17. The van der Waals surface area contributed by atoms with Crippen LogP contribution in [0.3, 0.4) is 0 Å². The van der Waals surface area contributed by atoms with Gasteiger partial charge in [-0.2, -0.15) is 0 Å². The summed E-state index contributed by atoms with van der Waals surface area (Å²) in [6, 6.07) is 1.10. The Bertz CT molecular complexity index is 464. The molecule has 2 fully saturated rings. The Morgan fingerprint density at radius 3 is 2.81 bits per heavy atom. The van der Waals surface area contributed by atoms with Crippen molar-refractivity contribution in [2.24, 2.45) is 0 Å². The highest BCUT2D eigenvalue weighted by Gasteiger charge is 2.41. The molecule has 2 heterocycles. The van der Waals surface area contributed by atoms with Crippen LogP contribution in [-0.2, 0) is 0 Å². The monoisotopic (exact) mass is 307 g/mol. The van der Waals surface area contributed by atoms with Crippen LogP contribution in [-0.4, -0.2) is 34.6 Å². The van der Waals surface area contributed by atoms with Gasteiger partial charge in [0.25, 0.3) is 0 Å². The minimum atomic E-state index is 0.379. The van der Waals surface area contributed by atoms with E-state index in [2.05, 4.69) is 36.0 Å². The Morgan fingerprint density at radius 2 is 2.19 bits per heavy atom. The Morgan fingerprint density at radius 1 is 1.43 bits per heavy atom. The molecule has 1 saturated heterocycles. The van der Waals surface area contributed by atoms with Gasteiger partial charge >= 0.3 is 0 Å². The molecule has 1 aliphatic carbocycles. The summed E-state index contributed by atoms with van der Waals surface area (Å²) in [6.07, 6.45) is 10.1. The number of rotatable bonds is 3. The fraction of sp³-hybridized carbons (Fsp3) is 0.824. The van der Waals surface area contributed by atoms with Crippen LogP contribution in [0.1, 0.15) is 68.3 Å². The maximum atomic E-state index is 4.65. The van der Waals surface area contributed by atoms with Gasteiger partial charge in [0.1, 0.15) is 5.01 Å². The largest absolute Gasteiger partial charge is 0.308 e. The van der Waals surface area contributed by atoms with Crippen molar-refractivity contribution >= 4 is 11.3 Å². The van der Waals surface area contributed by atoms with Gasteiger partial charge < -0.3 is 5.32 Å². The van der Waals surface area contributed by atoms with Crippen molar-refractivity contribution in [3.8, 4) is 0 Å². The Hall–Kier alpha value is -0.450. The number of aromatic nitrogens is 1. The summed E-state index contributed by atoms with van der Waals surface area (Å²) < 4.78 is 0. The first kappa shape index (κ1) is 15.4. The SMILES string of the molecule is CCC1CNC2(CCCCC2)CN1C(C)c1ncc(C)s1. The first-order chi connectivity index (χ1) is 10.1. The number of piperazine rings is 1. The predicted octanol–water partition coefficient (Wildman–Crippen LogP) is 3.90. The van der Waals surface area contributed by atoms with Crippen LogP contribution in [0.15, 0.2) is 6.20 Å². The predicted molar refractivity (Wildman–Crippen MR) is 89.9 cm³/mol. The standard InChI is InChI=1S/C17H29N3S/c1-4-15-11-19-17(8-6-5-7-9-17)12-20(15)14(3)16-18-10-13(2)21-16/h10,14-15,19H,4-9,11-12H2,1-3H3. The van der Waals surface area contributed by atoms with Crippen molar-refractivity contribution in [2.45, 2.75) is 76.9 Å². The Balaban J connectivity index is 1.78. The fourth-order valence-corrected chi connectivity index (χ4v) is 4.94. The third-order valence-electron chi connectivity index (χ3n) is 5.44. The van der Waals surface area contributed by atoms with Crippen LogP contribution in [0.25, 0.3) is 0 Å². The van der Waals surface area contributed by atoms with Crippen molar-refractivity contribution in [1.29, 1.82) is 0 Å². The Kier molecular flexibility index (Phi) is 4.67.